The summed E-state index contributed by atoms with van der Waals surface area (Å²) in [6.07, 6.45) is 5.17. The molecule has 0 aromatic rings. The molecule has 1 fully saturated rings. The Morgan fingerprint density at radius 1 is 1.54 bits per heavy atom. The maximum Gasteiger partial charge on any atom is 0.0928 e. The number of hydrogen-bond donors (Lipinski definition) is 3. The van der Waals surface area contributed by atoms with Crippen molar-refractivity contribution in [3.8, 4) is 0 Å². The van der Waals surface area contributed by atoms with Gasteiger partial charge in [-0.3, -0.25) is 0 Å². The van der Waals surface area contributed by atoms with Crippen LogP contribution in [0, 0.1) is 5.92 Å². The lowest BCUT2D eigenvalue weighted by Crippen LogP contribution is -2.52. The van der Waals surface area contributed by atoms with Gasteiger partial charge in [0.2, 0.25) is 0 Å². The summed E-state index contributed by atoms with van der Waals surface area (Å²) in [5.41, 5.74) is 1.16. The van der Waals surface area contributed by atoms with Crippen molar-refractivity contribution in [3.05, 3.63) is 11.6 Å². The quantitative estimate of drug-likeness (QED) is 0.503. The van der Waals surface area contributed by atoms with Crippen molar-refractivity contribution < 1.29 is 10.2 Å². The van der Waals surface area contributed by atoms with E-state index in [-0.39, 0.29) is 12.6 Å². The van der Waals surface area contributed by atoms with Gasteiger partial charge >= 0.3 is 0 Å². The minimum absolute atomic E-state index is 0.0191. The molecule has 13 heavy (non-hydrogen) atoms. The van der Waals surface area contributed by atoms with Crippen LogP contribution < -0.4 is 5.32 Å². The molecule has 0 bridgehead atoms. The van der Waals surface area contributed by atoms with E-state index >= 15 is 0 Å². The van der Waals surface area contributed by atoms with Gasteiger partial charge in [0.25, 0.3) is 0 Å². The Hall–Kier alpha value is -0.380. The highest BCUT2D eigenvalue weighted by Gasteiger charge is 2.33. The molecular formula is C10H17NO2. The van der Waals surface area contributed by atoms with Crippen LogP contribution in [0.15, 0.2) is 11.6 Å². The third kappa shape index (κ3) is 1.64. The van der Waals surface area contributed by atoms with Gasteiger partial charge in [-0.25, -0.2) is 0 Å². The van der Waals surface area contributed by atoms with E-state index in [9.17, 15) is 5.11 Å². The molecule has 3 nitrogen and oxygen atoms in total. The fourth-order valence-corrected chi connectivity index (χ4v) is 2.35. The predicted molar refractivity (Wildman–Crippen MR) is 50.3 cm³/mol. The number of rotatable bonds is 1. The second-order valence-corrected chi connectivity index (χ2v) is 3.97. The van der Waals surface area contributed by atoms with Crippen LogP contribution in [-0.4, -0.2) is 35.5 Å². The van der Waals surface area contributed by atoms with Crippen LogP contribution in [-0.2, 0) is 0 Å². The van der Waals surface area contributed by atoms with Gasteiger partial charge in [0, 0.05) is 6.54 Å². The number of nitrogens with one attached hydrogen (secondary N) is 1. The molecule has 0 amide bonds. The molecule has 2 aliphatic rings. The van der Waals surface area contributed by atoms with Gasteiger partial charge < -0.3 is 15.5 Å². The summed E-state index contributed by atoms with van der Waals surface area (Å²) >= 11 is 0. The zero-order valence-corrected chi connectivity index (χ0v) is 7.74. The van der Waals surface area contributed by atoms with Crippen LogP contribution in [0.4, 0.5) is 0 Å². The Bertz CT molecular complexity index is 215. The van der Waals surface area contributed by atoms with Crippen molar-refractivity contribution in [2.24, 2.45) is 5.92 Å². The molecule has 0 radical (unpaired) electrons. The lowest BCUT2D eigenvalue weighted by Gasteiger charge is -2.38. The summed E-state index contributed by atoms with van der Waals surface area (Å²) in [5, 5.41) is 22.1. The molecule has 3 unspecified atom stereocenters. The maximum atomic E-state index is 9.87. The molecule has 1 saturated heterocycles. The van der Waals surface area contributed by atoms with Crippen LogP contribution in [0.3, 0.4) is 0 Å². The first-order valence-corrected chi connectivity index (χ1v) is 5.05. The van der Waals surface area contributed by atoms with Gasteiger partial charge in [0.05, 0.1) is 18.8 Å². The van der Waals surface area contributed by atoms with Gasteiger partial charge in [0.1, 0.15) is 0 Å². The summed E-state index contributed by atoms with van der Waals surface area (Å²) in [5.74, 6) is 0.506. The Morgan fingerprint density at radius 3 is 3.15 bits per heavy atom. The molecular weight excluding hydrogens is 166 g/mol. The van der Waals surface area contributed by atoms with Gasteiger partial charge in [-0.2, -0.15) is 0 Å². The molecule has 0 saturated carbocycles. The molecule has 3 heteroatoms. The Kier molecular flexibility index (Phi) is 2.67. The van der Waals surface area contributed by atoms with E-state index in [1.807, 2.05) is 0 Å². The van der Waals surface area contributed by atoms with Crippen molar-refractivity contribution in [2.45, 2.75) is 31.4 Å². The first-order chi connectivity index (χ1) is 6.33. The van der Waals surface area contributed by atoms with Gasteiger partial charge in [0.15, 0.2) is 0 Å². The van der Waals surface area contributed by atoms with E-state index in [0.717, 1.165) is 18.5 Å². The largest absolute Gasteiger partial charge is 0.395 e. The summed E-state index contributed by atoms with van der Waals surface area (Å²) in [7, 11) is 0. The number of hydrogen-bond acceptors (Lipinski definition) is 3. The summed E-state index contributed by atoms with van der Waals surface area (Å²) < 4.78 is 0. The molecule has 1 aliphatic heterocycles. The van der Waals surface area contributed by atoms with E-state index in [1.165, 1.54) is 12.8 Å². The highest BCUT2D eigenvalue weighted by Crippen LogP contribution is 2.30. The zero-order valence-electron chi connectivity index (χ0n) is 7.74. The molecule has 74 valence electrons. The lowest BCUT2D eigenvalue weighted by molar-refractivity contribution is 0.0835. The molecule has 3 N–H and O–H groups in total. The van der Waals surface area contributed by atoms with Crippen LogP contribution >= 0.6 is 0 Å². The van der Waals surface area contributed by atoms with Crippen LogP contribution in [0.5, 0.6) is 0 Å². The van der Waals surface area contributed by atoms with Crippen molar-refractivity contribution in [3.63, 3.8) is 0 Å². The SMILES string of the molecule is OCC1NCC2CCCC=C2C1O. The number of aliphatic hydroxyl groups excluding tert-OH is 2. The monoisotopic (exact) mass is 183 g/mol. The van der Waals surface area contributed by atoms with E-state index in [1.54, 1.807) is 0 Å². The molecule has 1 heterocycles. The van der Waals surface area contributed by atoms with Crippen LogP contribution in [0.2, 0.25) is 0 Å². The maximum absolute atomic E-state index is 9.87. The zero-order chi connectivity index (χ0) is 9.26. The average Bonchev–Trinajstić information content (AvgIpc) is 2.19. The second-order valence-electron chi connectivity index (χ2n) is 3.97. The number of aliphatic hydroxyl groups is 2. The van der Waals surface area contributed by atoms with Crippen molar-refractivity contribution in [1.82, 2.24) is 5.32 Å². The smallest absolute Gasteiger partial charge is 0.0928 e. The third-order valence-electron chi connectivity index (χ3n) is 3.15. The summed E-state index contributed by atoms with van der Waals surface area (Å²) in [6.45, 7) is 0.930. The highest BCUT2D eigenvalue weighted by molar-refractivity contribution is 5.20. The fraction of sp³-hybridized carbons (Fsp3) is 0.800. The van der Waals surface area contributed by atoms with Crippen LogP contribution in [0.25, 0.3) is 0 Å². The topological polar surface area (TPSA) is 52.5 Å². The first kappa shape index (κ1) is 9.19. The lowest BCUT2D eigenvalue weighted by atomic mass is 9.79. The summed E-state index contributed by atoms with van der Waals surface area (Å²) in [6, 6.07) is -0.152. The van der Waals surface area contributed by atoms with E-state index < -0.39 is 6.10 Å². The number of allylic oxidation sites excluding steroid dienone is 1. The van der Waals surface area contributed by atoms with Crippen molar-refractivity contribution in [2.75, 3.05) is 13.2 Å². The Morgan fingerprint density at radius 2 is 2.38 bits per heavy atom. The molecule has 0 aromatic heterocycles. The molecule has 0 aromatic carbocycles. The Labute approximate surface area is 78.5 Å². The highest BCUT2D eigenvalue weighted by atomic mass is 16.3. The van der Waals surface area contributed by atoms with E-state index in [2.05, 4.69) is 11.4 Å². The number of fused-ring (bicyclic) bond motifs is 1. The summed E-state index contributed by atoms with van der Waals surface area (Å²) in [4.78, 5) is 0. The molecule has 1 aliphatic carbocycles. The predicted octanol–water partition coefficient (Wildman–Crippen LogP) is 0.0379. The minimum atomic E-state index is -0.468. The molecule has 2 rings (SSSR count). The Balaban J connectivity index is 2.13. The standard InChI is InChI=1S/C10H17NO2/c12-6-9-10(13)8-4-2-1-3-7(8)5-11-9/h4,7,9-13H,1-3,5-6H2. The van der Waals surface area contributed by atoms with Gasteiger partial charge in [-0.15, -0.1) is 0 Å². The van der Waals surface area contributed by atoms with Crippen molar-refractivity contribution >= 4 is 0 Å². The van der Waals surface area contributed by atoms with Gasteiger partial charge in [-0.1, -0.05) is 6.08 Å². The van der Waals surface area contributed by atoms with E-state index in [0.29, 0.717) is 5.92 Å². The molecule has 3 atom stereocenters. The normalized spacial score (nSPS) is 39.5. The minimum Gasteiger partial charge on any atom is -0.395 e. The van der Waals surface area contributed by atoms with E-state index in [4.69, 9.17) is 5.11 Å². The van der Waals surface area contributed by atoms with Crippen molar-refractivity contribution in [1.29, 1.82) is 0 Å². The average molecular weight is 183 g/mol. The second kappa shape index (κ2) is 3.78. The number of piperidine rings is 1. The fourth-order valence-electron chi connectivity index (χ4n) is 2.35. The van der Waals surface area contributed by atoms with Gasteiger partial charge in [-0.05, 0) is 30.8 Å². The van der Waals surface area contributed by atoms with Crippen LogP contribution in [0.1, 0.15) is 19.3 Å². The first-order valence-electron chi connectivity index (χ1n) is 5.05. The third-order valence-corrected chi connectivity index (χ3v) is 3.15. The molecule has 0 spiro atoms.